The second-order valence-electron chi connectivity index (χ2n) is 4.53. The highest BCUT2D eigenvalue weighted by Crippen LogP contribution is 2.31. The molecule has 0 saturated carbocycles. The van der Waals surface area contributed by atoms with Crippen LogP contribution in [0.2, 0.25) is 0 Å². The zero-order chi connectivity index (χ0) is 14.3. The minimum absolute atomic E-state index is 0.152. The maximum absolute atomic E-state index is 12.5. The highest BCUT2D eigenvalue weighted by Gasteiger charge is 2.35. The van der Waals surface area contributed by atoms with Crippen molar-refractivity contribution in [3.63, 3.8) is 0 Å². The fraction of sp³-hybridized carbons (Fsp3) is 0.333. The van der Waals surface area contributed by atoms with Crippen LogP contribution in [0.1, 0.15) is 23.9 Å². The van der Waals surface area contributed by atoms with E-state index < -0.39 is 20.8 Å². The molecule has 1 aromatic carbocycles. The Balaban J connectivity index is 2.02. The third-order valence-corrected chi connectivity index (χ3v) is 4.44. The standard InChI is InChI=1S/C12H11F2N3O2S/c13-11(14)20(18,19)12-15-10-7-6-9(17(10)16-12)8-4-2-1-3-5-8/h1-5,9,11H,6-7H2. The molecule has 0 aliphatic carbocycles. The summed E-state index contributed by atoms with van der Waals surface area (Å²) < 4.78 is 49.2. The van der Waals surface area contributed by atoms with Gasteiger partial charge in [0.15, 0.2) is 0 Å². The Hall–Kier alpha value is -1.83. The molecule has 0 amide bonds. The Morgan fingerprint density at radius 3 is 2.60 bits per heavy atom. The molecule has 8 heteroatoms. The number of rotatable bonds is 3. The molecule has 1 atom stereocenters. The van der Waals surface area contributed by atoms with Crippen molar-refractivity contribution < 1.29 is 17.2 Å². The predicted octanol–water partition coefficient (Wildman–Crippen LogP) is 1.81. The average molecular weight is 299 g/mol. The van der Waals surface area contributed by atoms with Gasteiger partial charge in [-0.25, -0.2) is 18.1 Å². The van der Waals surface area contributed by atoms with E-state index in [0.717, 1.165) is 12.0 Å². The Morgan fingerprint density at radius 1 is 1.25 bits per heavy atom. The first-order valence-electron chi connectivity index (χ1n) is 6.02. The number of nitrogens with zero attached hydrogens (tertiary/aromatic N) is 3. The van der Waals surface area contributed by atoms with Gasteiger partial charge in [-0.15, -0.1) is 5.10 Å². The molecule has 20 heavy (non-hydrogen) atoms. The van der Waals surface area contributed by atoms with Crippen molar-refractivity contribution in [1.82, 2.24) is 14.8 Å². The predicted molar refractivity (Wildman–Crippen MR) is 66.1 cm³/mol. The minimum Gasteiger partial charge on any atom is -0.241 e. The number of halogens is 2. The van der Waals surface area contributed by atoms with Gasteiger partial charge in [-0.3, -0.25) is 0 Å². The van der Waals surface area contributed by atoms with E-state index in [0.29, 0.717) is 12.2 Å². The van der Waals surface area contributed by atoms with E-state index in [9.17, 15) is 17.2 Å². The van der Waals surface area contributed by atoms with Crippen molar-refractivity contribution >= 4 is 9.84 Å². The summed E-state index contributed by atoms with van der Waals surface area (Å²) in [5.74, 6) is -3.07. The maximum Gasteiger partial charge on any atom is 0.344 e. The summed E-state index contributed by atoms with van der Waals surface area (Å²) in [7, 11) is -4.74. The molecule has 2 heterocycles. The third kappa shape index (κ3) is 2.00. The van der Waals surface area contributed by atoms with Gasteiger partial charge in [-0.1, -0.05) is 30.3 Å². The van der Waals surface area contributed by atoms with Crippen LogP contribution in [0.5, 0.6) is 0 Å². The highest BCUT2D eigenvalue weighted by molar-refractivity contribution is 7.91. The molecule has 0 bridgehead atoms. The second kappa shape index (κ2) is 4.62. The van der Waals surface area contributed by atoms with E-state index in [4.69, 9.17) is 0 Å². The molecule has 0 spiro atoms. The lowest BCUT2D eigenvalue weighted by Gasteiger charge is -2.11. The molecule has 1 aliphatic rings. The molecule has 1 aliphatic heterocycles. The zero-order valence-electron chi connectivity index (χ0n) is 10.3. The lowest BCUT2D eigenvalue weighted by atomic mass is 10.1. The SMILES string of the molecule is O=S(=O)(c1nc2n(n1)C(c1ccccc1)CC2)C(F)F. The van der Waals surface area contributed by atoms with Crippen molar-refractivity contribution in [3.05, 3.63) is 41.7 Å². The zero-order valence-corrected chi connectivity index (χ0v) is 11.1. The molecule has 0 fully saturated rings. The van der Waals surface area contributed by atoms with Crippen LogP contribution in [0.4, 0.5) is 8.78 Å². The third-order valence-electron chi connectivity index (χ3n) is 3.29. The summed E-state index contributed by atoms with van der Waals surface area (Å²) in [5.41, 5.74) is 0.956. The van der Waals surface area contributed by atoms with Crippen LogP contribution in [0.25, 0.3) is 0 Å². The number of alkyl halides is 2. The van der Waals surface area contributed by atoms with Crippen LogP contribution in [-0.2, 0) is 16.3 Å². The molecular weight excluding hydrogens is 288 g/mol. The normalized spacial score (nSPS) is 18.4. The number of sulfone groups is 1. The number of aromatic nitrogens is 3. The molecular formula is C12H11F2N3O2S. The van der Waals surface area contributed by atoms with Crippen molar-refractivity contribution in [1.29, 1.82) is 0 Å². The summed E-state index contributed by atoms with van der Waals surface area (Å²) in [5, 5.41) is 2.99. The molecule has 0 saturated heterocycles. The molecule has 0 N–H and O–H groups in total. The molecule has 106 valence electrons. The maximum atomic E-state index is 12.5. The van der Waals surface area contributed by atoms with Crippen LogP contribution >= 0.6 is 0 Å². The number of hydrogen-bond acceptors (Lipinski definition) is 4. The summed E-state index contributed by atoms with van der Waals surface area (Å²) in [4.78, 5) is 3.74. The number of hydrogen-bond donors (Lipinski definition) is 0. The minimum atomic E-state index is -4.74. The van der Waals surface area contributed by atoms with Gasteiger partial charge in [-0.05, 0) is 12.0 Å². The highest BCUT2D eigenvalue weighted by atomic mass is 32.2. The molecule has 0 radical (unpaired) electrons. The summed E-state index contributed by atoms with van der Waals surface area (Å²) in [6.45, 7) is 0. The fourth-order valence-corrected chi connectivity index (χ4v) is 2.92. The van der Waals surface area contributed by atoms with Gasteiger partial charge >= 0.3 is 5.76 Å². The summed E-state index contributed by atoms with van der Waals surface area (Å²) in [6, 6.07) is 9.22. The van der Waals surface area contributed by atoms with Gasteiger partial charge in [0, 0.05) is 6.42 Å². The molecule has 3 rings (SSSR count). The molecule has 1 unspecified atom stereocenters. The monoisotopic (exact) mass is 299 g/mol. The first-order chi connectivity index (χ1) is 9.50. The van der Waals surface area contributed by atoms with Gasteiger partial charge in [-0.2, -0.15) is 8.78 Å². The smallest absolute Gasteiger partial charge is 0.241 e. The largest absolute Gasteiger partial charge is 0.344 e. The molecule has 2 aromatic rings. The second-order valence-corrected chi connectivity index (χ2v) is 6.34. The Bertz CT molecular complexity index is 728. The van der Waals surface area contributed by atoms with E-state index in [1.807, 2.05) is 30.3 Å². The first kappa shape index (κ1) is 13.2. The number of benzene rings is 1. The fourth-order valence-electron chi connectivity index (χ4n) is 2.33. The van der Waals surface area contributed by atoms with Crippen LogP contribution in [0, 0.1) is 0 Å². The van der Waals surface area contributed by atoms with Crippen molar-refractivity contribution in [3.8, 4) is 0 Å². The van der Waals surface area contributed by atoms with Gasteiger partial charge in [0.05, 0.1) is 6.04 Å². The summed E-state index contributed by atoms with van der Waals surface area (Å²) in [6.07, 6.45) is 1.25. The Morgan fingerprint density at radius 2 is 1.95 bits per heavy atom. The van der Waals surface area contributed by atoms with Gasteiger partial charge < -0.3 is 0 Å². The van der Waals surface area contributed by atoms with Crippen molar-refractivity contribution in [2.24, 2.45) is 0 Å². The molecule has 1 aromatic heterocycles. The van der Waals surface area contributed by atoms with Gasteiger partial charge in [0.2, 0.25) is 0 Å². The van der Waals surface area contributed by atoms with Crippen LogP contribution in [-0.4, -0.2) is 28.9 Å². The molecule has 5 nitrogen and oxygen atoms in total. The van der Waals surface area contributed by atoms with Gasteiger partial charge in [0.1, 0.15) is 5.82 Å². The quantitative estimate of drug-likeness (QED) is 0.867. The van der Waals surface area contributed by atoms with E-state index in [1.54, 1.807) is 0 Å². The number of fused-ring (bicyclic) bond motifs is 1. The first-order valence-corrected chi connectivity index (χ1v) is 7.57. The van der Waals surface area contributed by atoms with Crippen molar-refractivity contribution in [2.75, 3.05) is 0 Å². The van der Waals surface area contributed by atoms with Crippen molar-refractivity contribution in [2.45, 2.75) is 29.8 Å². The number of aryl methyl sites for hydroxylation is 1. The van der Waals surface area contributed by atoms with Crippen LogP contribution < -0.4 is 0 Å². The van der Waals surface area contributed by atoms with E-state index in [-0.39, 0.29) is 6.04 Å². The van der Waals surface area contributed by atoms with E-state index in [1.165, 1.54) is 4.68 Å². The lowest BCUT2D eigenvalue weighted by molar-refractivity contribution is 0.233. The van der Waals surface area contributed by atoms with Gasteiger partial charge in [0.25, 0.3) is 15.0 Å². The topological polar surface area (TPSA) is 64.8 Å². The van der Waals surface area contributed by atoms with Crippen LogP contribution in [0.15, 0.2) is 35.5 Å². The Labute approximate surface area is 114 Å². The average Bonchev–Trinajstić information content (AvgIpc) is 2.99. The van der Waals surface area contributed by atoms with Crippen LogP contribution in [0.3, 0.4) is 0 Å². The Kier molecular flexibility index (Phi) is 3.04. The van der Waals surface area contributed by atoms with E-state index in [2.05, 4.69) is 10.1 Å². The lowest BCUT2D eigenvalue weighted by Crippen LogP contribution is -2.15. The summed E-state index contributed by atoms with van der Waals surface area (Å²) >= 11 is 0. The van der Waals surface area contributed by atoms with E-state index >= 15 is 0 Å².